The predicted molar refractivity (Wildman–Crippen MR) is 73.8 cm³/mol. The molecule has 6 nitrogen and oxygen atoms in total. The van der Waals surface area contributed by atoms with Crippen molar-refractivity contribution in [3.63, 3.8) is 0 Å². The fraction of sp³-hybridized carbons (Fsp3) is 0.400. The zero-order valence-corrected chi connectivity index (χ0v) is 11.4. The van der Waals surface area contributed by atoms with E-state index in [0.717, 1.165) is 5.56 Å². The summed E-state index contributed by atoms with van der Waals surface area (Å²) in [6.45, 7) is 0.124. The highest BCUT2D eigenvalue weighted by molar-refractivity contribution is 5.88. The standard InChI is InChI=1S/C15H18O6/c16-11-3-1-9(7-13(11)18)5-6-21-15(20)10-2-4-12(17)14(19)8-10/h1-3,7,12,14,16-19H,4-6,8H2/t12-,14-/m1/s1. The van der Waals surface area contributed by atoms with E-state index in [1.165, 1.54) is 12.1 Å². The average Bonchev–Trinajstić information content (AvgIpc) is 2.45. The molecule has 1 aromatic carbocycles. The highest BCUT2D eigenvalue weighted by Crippen LogP contribution is 2.25. The summed E-state index contributed by atoms with van der Waals surface area (Å²) in [5, 5.41) is 37.4. The smallest absolute Gasteiger partial charge is 0.333 e. The summed E-state index contributed by atoms with van der Waals surface area (Å²) in [6, 6.07) is 4.40. The number of carbonyl (C=O) groups is 1. The first-order valence-corrected chi connectivity index (χ1v) is 6.70. The maximum Gasteiger partial charge on any atom is 0.333 e. The van der Waals surface area contributed by atoms with Gasteiger partial charge in [-0.15, -0.1) is 0 Å². The Morgan fingerprint density at radius 3 is 2.62 bits per heavy atom. The Kier molecular flexibility index (Phi) is 4.82. The zero-order valence-electron chi connectivity index (χ0n) is 11.4. The second kappa shape index (κ2) is 6.60. The van der Waals surface area contributed by atoms with Crippen molar-refractivity contribution >= 4 is 5.97 Å². The maximum absolute atomic E-state index is 11.8. The van der Waals surface area contributed by atoms with E-state index >= 15 is 0 Å². The Labute approximate surface area is 121 Å². The number of carbonyl (C=O) groups excluding carboxylic acids is 1. The van der Waals surface area contributed by atoms with E-state index in [0.29, 0.717) is 12.0 Å². The van der Waals surface area contributed by atoms with Gasteiger partial charge in [0.15, 0.2) is 11.5 Å². The number of aliphatic hydroxyl groups is 2. The molecule has 2 rings (SSSR count). The van der Waals surface area contributed by atoms with Gasteiger partial charge in [0, 0.05) is 18.4 Å². The van der Waals surface area contributed by atoms with Crippen LogP contribution in [0.3, 0.4) is 0 Å². The molecule has 0 aromatic heterocycles. The molecular formula is C15H18O6. The summed E-state index contributed by atoms with van der Waals surface area (Å²) in [4.78, 5) is 11.8. The molecule has 1 aliphatic carbocycles. The molecule has 114 valence electrons. The molecule has 6 heteroatoms. The van der Waals surface area contributed by atoms with Crippen LogP contribution in [0.15, 0.2) is 29.8 Å². The third kappa shape index (κ3) is 3.96. The van der Waals surface area contributed by atoms with Crippen LogP contribution in [-0.4, -0.2) is 45.2 Å². The van der Waals surface area contributed by atoms with Gasteiger partial charge in [-0.1, -0.05) is 12.1 Å². The van der Waals surface area contributed by atoms with Crippen molar-refractivity contribution in [3.8, 4) is 11.5 Å². The summed E-state index contributed by atoms with van der Waals surface area (Å²) in [5.74, 6) is -0.925. The summed E-state index contributed by atoms with van der Waals surface area (Å²) in [7, 11) is 0. The van der Waals surface area contributed by atoms with Gasteiger partial charge in [-0.05, 0) is 24.1 Å². The van der Waals surface area contributed by atoms with E-state index in [4.69, 9.17) is 4.74 Å². The van der Waals surface area contributed by atoms with E-state index in [2.05, 4.69) is 0 Å². The minimum atomic E-state index is -0.938. The average molecular weight is 294 g/mol. The minimum Gasteiger partial charge on any atom is -0.504 e. The summed E-state index contributed by atoms with van der Waals surface area (Å²) < 4.78 is 5.10. The molecule has 0 spiro atoms. The number of hydrogen-bond donors (Lipinski definition) is 4. The van der Waals surface area contributed by atoms with E-state index in [-0.39, 0.29) is 30.9 Å². The van der Waals surface area contributed by atoms with E-state index < -0.39 is 18.2 Å². The van der Waals surface area contributed by atoms with Gasteiger partial charge in [-0.2, -0.15) is 0 Å². The Morgan fingerprint density at radius 2 is 1.95 bits per heavy atom. The Hall–Kier alpha value is -2.05. The quantitative estimate of drug-likeness (QED) is 0.479. The van der Waals surface area contributed by atoms with Crippen molar-refractivity contribution in [1.82, 2.24) is 0 Å². The Balaban J connectivity index is 1.83. The minimum absolute atomic E-state index is 0.0833. The SMILES string of the molecule is O=C(OCCc1ccc(O)c(O)c1)C1=CC[C@@H](O)[C@H](O)C1. The van der Waals surface area contributed by atoms with Crippen molar-refractivity contribution < 1.29 is 30.0 Å². The number of aliphatic hydroxyl groups excluding tert-OH is 2. The molecule has 0 radical (unpaired) electrons. The number of esters is 1. The van der Waals surface area contributed by atoms with Gasteiger partial charge in [0.2, 0.25) is 0 Å². The van der Waals surface area contributed by atoms with Gasteiger partial charge in [-0.25, -0.2) is 4.79 Å². The molecule has 0 bridgehead atoms. The van der Waals surface area contributed by atoms with Gasteiger partial charge < -0.3 is 25.2 Å². The lowest BCUT2D eigenvalue weighted by Crippen LogP contribution is -2.31. The first-order chi connectivity index (χ1) is 9.97. The van der Waals surface area contributed by atoms with Crippen LogP contribution in [-0.2, 0) is 16.0 Å². The van der Waals surface area contributed by atoms with E-state index in [1.54, 1.807) is 12.1 Å². The van der Waals surface area contributed by atoms with Crippen LogP contribution in [0.2, 0.25) is 0 Å². The molecule has 0 fully saturated rings. The van der Waals surface area contributed by atoms with Crippen LogP contribution in [0, 0.1) is 0 Å². The first kappa shape index (κ1) is 15.3. The largest absolute Gasteiger partial charge is 0.504 e. The Bertz CT molecular complexity index is 551. The van der Waals surface area contributed by atoms with Crippen LogP contribution in [0.4, 0.5) is 0 Å². The lowest BCUT2D eigenvalue weighted by Gasteiger charge is -2.22. The van der Waals surface area contributed by atoms with Gasteiger partial charge >= 0.3 is 5.97 Å². The maximum atomic E-state index is 11.8. The van der Waals surface area contributed by atoms with Gasteiger partial charge in [0.25, 0.3) is 0 Å². The highest BCUT2D eigenvalue weighted by atomic mass is 16.5. The molecule has 0 unspecified atom stereocenters. The predicted octanol–water partition coefficient (Wildman–Crippen LogP) is 0.626. The number of ether oxygens (including phenoxy) is 1. The van der Waals surface area contributed by atoms with Crippen LogP contribution in [0.5, 0.6) is 11.5 Å². The summed E-state index contributed by atoms with van der Waals surface area (Å²) in [5.41, 5.74) is 1.09. The highest BCUT2D eigenvalue weighted by Gasteiger charge is 2.25. The van der Waals surface area contributed by atoms with Crippen molar-refractivity contribution in [1.29, 1.82) is 0 Å². The normalized spacial score (nSPS) is 21.7. The fourth-order valence-electron chi connectivity index (χ4n) is 2.11. The molecular weight excluding hydrogens is 276 g/mol. The lowest BCUT2D eigenvalue weighted by atomic mass is 9.94. The van der Waals surface area contributed by atoms with Gasteiger partial charge in [0.05, 0.1) is 18.8 Å². The number of phenols is 2. The third-order valence-corrected chi connectivity index (χ3v) is 3.40. The third-order valence-electron chi connectivity index (χ3n) is 3.40. The topological polar surface area (TPSA) is 107 Å². The summed E-state index contributed by atoms with van der Waals surface area (Å²) >= 11 is 0. The van der Waals surface area contributed by atoms with Gasteiger partial charge in [0.1, 0.15) is 0 Å². The molecule has 0 amide bonds. The second-order valence-corrected chi connectivity index (χ2v) is 5.01. The first-order valence-electron chi connectivity index (χ1n) is 6.70. The zero-order chi connectivity index (χ0) is 15.4. The number of benzene rings is 1. The lowest BCUT2D eigenvalue weighted by molar-refractivity contribution is -0.139. The molecule has 0 heterocycles. The number of aromatic hydroxyl groups is 2. The van der Waals surface area contributed by atoms with E-state index in [9.17, 15) is 25.2 Å². The fourth-order valence-corrected chi connectivity index (χ4v) is 2.11. The molecule has 2 atom stereocenters. The molecule has 1 aliphatic rings. The molecule has 4 N–H and O–H groups in total. The molecule has 1 aromatic rings. The molecule has 0 saturated carbocycles. The monoisotopic (exact) mass is 294 g/mol. The van der Waals surface area contributed by atoms with Crippen molar-refractivity contribution in [2.45, 2.75) is 31.5 Å². The number of hydrogen-bond acceptors (Lipinski definition) is 6. The molecule has 0 aliphatic heterocycles. The number of phenolic OH excluding ortho intramolecular Hbond substituents is 2. The van der Waals surface area contributed by atoms with Crippen LogP contribution < -0.4 is 0 Å². The van der Waals surface area contributed by atoms with Crippen molar-refractivity contribution in [2.24, 2.45) is 0 Å². The van der Waals surface area contributed by atoms with Gasteiger partial charge in [-0.3, -0.25) is 0 Å². The number of rotatable bonds is 4. The van der Waals surface area contributed by atoms with E-state index in [1.807, 2.05) is 0 Å². The Morgan fingerprint density at radius 1 is 1.19 bits per heavy atom. The van der Waals surface area contributed by atoms with Crippen molar-refractivity contribution in [2.75, 3.05) is 6.61 Å². The van der Waals surface area contributed by atoms with Crippen molar-refractivity contribution in [3.05, 3.63) is 35.4 Å². The van der Waals surface area contributed by atoms with Crippen LogP contribution in [0.1, 0.15) is 18.4 Å². The van der Waals surface area contributed by atoms with Crippen LogP contribution >= 0.6 is 0 Å². The van der Waals surface area contributed by atoms with Crippen LogP contribution in [0.25, 0.3) is 0 Å². The molecule has 21 heavy (non-hydrogen) atoms. The summed E-state index contributed by atoms with van der Waals surface area (Å²) in [6.07, 6.45) is 0.523. The molecule has 0 saturated heterocycles. The second-order valence-electron chi connectivity index (χ2n) is 5.01.